The largest absolute Gasteiger partial charge is 0.471 e. The second-order valence-corrected chi connectivity index (χ2v) is 6.59. The number of carbonyl (C=O) groups excluding carboxylic acids is 1. The van der Waals surface area contributed by atoms with Gasteiger partial charge in [-0.3, -0.25) is 4.79 Å². The molecule has 1 heterocycles. The zero-order chi connectivity index (χ0) is 19.8. The van der Waals surface area contributed by atoms with Gasteiger partial charge in [-0.15, -0.1) is 0 Å². The van der Waals surface area contributed by atoms with E-state index in [1.54, 1.807) is 24.3 Å². The van der Waals surface area contributed by atoms with Crippen LogP contribution in [0.5, 0.6) is 0 Å². The molecule has 144 valence electrons. The van der Waals surface area contributed by atoms with E-state index >= 15 is 0 Å². The molecule has 1 aliphatic heterocycles. The molecule has 2 atom stereocenters. The molecule has 0 aromatic heterocycles. The van der Waals surface area contributed by atoms with Crippen LogP contribution in [0.1, 0.15) is 17.9 Å². The zero-order valence-corrected chi connectivity index (χ0v) is 14.1. The van der Waals surface area contributed by atoms with E-state index < -0.39 is 29.8 Å². The van der Waals surface area contributed by atoms with Crippen molar-refractivity contribution in [1.29, 1.82) is 0 Å². The average Bonchev–Trinajstić information content (AvgIpc) is 2.59. The minimum atomic E-state index is -4.91. The van der Waals surface area contributed by atoms with Crippen molar-refractivity contribution in [3.63, 3.8) is 0 Å². The van der Waals surface area contributed by atoms with Crippen molar-refractivity contribution in [2.75, 3.05) is 13.1 Å². The van der Waals surface area contributed by atoms with Gasteiger partial charge in [-0.25, -0.2) is 8.78 Å². The fourth-order valence-electron chi connectivity index (χ4n) is 3.40. The molecule has 0 unspecified atom stereocenters. The second kappa shape index (κ2) is 7.26. The Balaban J connectivity index is 1.73. The molecular formula is C19H17F5N2O. The predicted octanol–water partition coefficient (Wildman–Crippen LogP) is 3.84. The molecule has 2 N–H and O–H groups in total. The summed E-state index contributed by atoms with van der Waals surface area (Å²) in [6.45, 7) is -0.215. The SMILES string of the molecule is N[C@H]1CN(C(=O)C(F)(F)F)CC[C@@H]1c1ccc(-c2cc(F)cc(F)c2)cc1. The van der Waals surface area contributed by atoms with Crippen LogP contribution < -0.4 is 5.73 Å². The van der Waals surface area contributed by atoms with Gasteiger partial charge in [-0.2, -0.15) is 13.2 Å². The number of benzene rings is 2. The van der Waals surface area contributed by atoms with Gasteiger partial charge >= 0.3 is 12.1 Å². The Morgan fingerprint density at radius 1 is 1.00 bits per heavy atom. The molecule has 0 saturated carbocycles. The molecule has 1 fully saturated rings. The topological polar surface area (TPSA) is 46.3 Å². The molecule has 1 amide bonds. The van der Waals surface area contributed by atoms with E-state index in [2.05, 4.69) is 0 Å². The van der Waals surface area contributed by atoms with Gasteiger partial charge in [0.2, 0.25) is 0 Å². The van der Waals surface area contributed by atoms with Crippen molar-refractivity contribution in [3.05, 3.63) is 59.7 Å². The van der Waals surface area contributed by atoms with Gasteiger partial charge in [0.1, 0.15) is 11.6 Å². The molecule has 0 spiro atoms. The molecule has 2 aromatic carbocycles. The number of likely N-dealkylation sites (tertiary alicyclic amines) is 1. The Morgan fingerprint density at radius 2 is 1.59 bits per heavy atom. The highest BCUT2D eigenvalue weighted by atomic mass is 19.4. The number of halogens is 5. The number of alkyl halides is 3. The number of hydrogen-bond donors (Lipinski definition) is 1. The summed E-state index contributed by atoms with van der Waals surface area (Å²) in [6, 6.07) is 9.42. The third kappa shape index (κ3) is 4.27. The lowest BCUT2D eigenvalue weighted by atomic mass is 9.85. The van der Waals surface area contributed by atoms with Crippen molar-refractivity contribution in [1.82, 2.24) is 4.90 Å². The lowest BCUT2D eigenvalue weighted by molar-refractivity contribution is -0.186. The number of nitrogens with two attached hydrogens (primary N) is 1. The summed E-state index contributed by atoms with van der Waals surface area (Å²) in [5.41, 5.74) is 7.81. The summed E-state index contributed by atoms with van der Waals surface area (Å²) >= 11 is 0. The van der Waals surface area contributed by atoms with Crippen molar-refractivity contribution in [2.24, 2.45) is 5.73 Å². The summed E-state index contributed by atoms with van der Waals surface area (Å²) in [4.78, 5) is 12.1. The summed E-state index contributed by atoms with van der Waals surface area (Å²) in [5, 5.41) is 0. The van der Waals surface area contributed by atoms with Crippen LogP contribution in [0.25, 0.3) is 11.1 Å². The number of carbonyl (C=O) groups is 1. The molecule has 0 bridgehead atoms. The highest BCUT2D eigenvalue weighted by Gasteiger charge is 2.44. The summed E-state index contributed by atoms with van der Waals surface area (Å²) < 4.78 is 64.4. The van der Waals surface area contributed by atoms with E-state index in [1.165, 1.54) is 12.1 Å². The van der Waals surface area contributed by atoms with Gasteiger partial charge in [-0.1, -0.05) is 24.3 Å². The average molecular weight is 384 g/mol. The van der Waals surface area contributed by atoms with Gasteiger partial charge in [0, 0.05) is 31.1 Å². The lowest BCUT2D eigenvalue weighted by Crippen LogP contribution is -2.52. The van der Waals surface area contributed by atoms with E-state index in [0.29, 0.717) is 17.5 Å². The quantitative estimate of drug-likeness (QED) is 0.800. The molecule has 3 nitrogen and oxygen atoms in total. The maximum Gasteiger partial charge on any atom is 0.471 e. The molecule has 1 aliphatic rings. The smallest absolute Gasteiger partial charge is 0.333 e. The zero-order valence-electron chi connectivity index (χ0n) is 14.1. The molecule has 2 aromatic rings. The lowest BCUT2D eigenvalue weighted by Gasteiger charge is -2.37. The monoisotopic (exact) mass is 384 g/mol. The van der Waals surface area contributed by atoms with Crippen molar-refractivity contribution in [2.45, 2.75) is 24.6 Å². The van der Waals surface area contributed by atoms with Crippen LogP contribution in [0.2, 0.25) is 0 Å². The number of rotatable bonds is 2. The highest BCUT2D eigenvalue weighted by molar-refractivity contribution is 5.82. The van der Waals surface area contributed by atoms with Gasteiger partial charge < -0.3 is 10.6 Å². The normalized spacial score (nSPS) is 20.6. The second-order valence-electron chi connectivity index (χ2n) is 6.59. The van der Waals surface area contributed by atoms with Crippen LogP contribution in [0.15, 0.2) is 42.5 Å². The van der Waals surface area contributed by atoms with Gasteiger partial charge in [0.05, 0.1) is 0 Å². The molecule has 8 heteroatoms. The number of nitrogens with zero attached hydrogens (tertiary/aromatic N) is 1. The first-order valence-electron chi connectivity index (χ1n) is 8.33. The fraction of sp³-hybridized carbons (Fsp3) is 0.316. The summed E-state index contributed by atoms with van der Waals surface area (Å²) in [6.07, 6.45) is -4.61. The predicted molar refractivity (Wildman–Crippen MR) is 89.8 cm³/mol. The van der Waals surface area contributed by atoms with Crippen LogP contribution in [-0.2, 0) is 4.79 Å². The van der Waals surface area contributed by atoms with Crippen LogP contribution >= 0.6 is 0 Å². The van der Waals surface area contributed by atoms with Gasteiger partial charge in [-0.05, 0) is 35.2 Å². The van der Waals surface area contributed by atoms with Crippen molar-refractivity contribution < 1.29 is 26.7 Å². The Bertz CT molecular complexity index is 815. The van der Waals surface area contributed by atoms with E-state index in [0.717, 1.165) is 16.5 Å². The van der Waals surface area contributed by atoms with E-state index in [4.69, 9.17) is 5.73 Å². The van der Waals surface area contributed by atoms with Crippen LogP contribution in [0.4, 0.5) is 22.0 Å². The fourth-order valence-corrected chi connectivity index (χ4v) is 3.40. The first-order chi connectivity index (χ1) is 12.6. The maximum atomic E-state index is 13.4. The molecule has 0 aliphatic carbocycles. The minimum absolute atomic E-state index is 0.0342. The molecule has 0 radical (unpaired) electrons. The molecule has 27 heavy (non-hydrogen) atoms. The van der Waals surface area contributed by atoms with Crippen LogP contribution in [0, 0.1) is 11.6 Å². The standard InChI is InChI=1S/C19H17F5N2O/c20-14-7-13(8-15(21)9-14)11-1-3-12(4-2-11)16-5-6-26(10-17(16)25)18(27)19(22,23)24/h1-4,7-9,16-17H,5-6,10,25H2/t16-,17+/m1/s1. The Kier molecular flexibility index (Phi) is 5.19. The summed E-state index contributed by atoms with van der Waals surface area (Å²) in [5.74, 6) is -3.45. The Hall–Kier alpha value is -2.48. The maximum absolute atomic E-state index is 13.4. The highest BCUT2D eigenvalue weighted by Crippen LogP contribution is 2.31. The molecular weight excluding hydrogens is 367 g/mol. The number of piperidine rings is 1. The van der Waals surface area contributed by atoms with E-state index in [9.17, 15) is 26.7 Å². The Labute approximate surface area is 152 Å². The van der Waals surface area contributed by atoms with E-state index in [1.807, 2.05) is 0 Å². The van der Waals surface area contributed by atoms with Gasteiger partial charge in [0.25, 0.3) is 0 Å². The molecule has 1 saturated heterocycles. The third-order valence-electron chi connectivity index (χ3n) is 4.72. The van der Waals surface area contributed by atoms with Gasteiger partial charge in [0.15, 0.2) is 0 Å². The van der Waals surface area contributed by atoms with Crippen LogP contribution in [-0.4, -0.2) is 36.1 Å². The van der Waals surface area contributed by atoms with Crippen LogP contribution in [0.3, 0.4) is 0 Å². The van der Waals surface area contributed by atoms with Crippen molar-refractivity contribution >= 4 is 5.91 Å². The third-order valence-corrected chi connectivity index (χ3v) is 4.72. The van der Waals surface area contributed by atoms with E-state index in [-0.39, 0.29) is 19.0 Å². The first-order valence-corrected chi connectivity index (χ1v) is 8.33. The minimum Gasteiger partial charge on any atom is -0.333 e. The Morgan fingerprint density at radius 3 is 2.11 bits per heavy atom. The summed E-state index contributed by atoms with van der Waals surface area (Å²) in [7, 11) is 0. The number of hydrogen-bond acceptors (Lipinski definition) is 2. The molecule has 3 rings (SSSR count). The first kappa shape index (κ1) is 19.3. The van der Waals surface area contributed by atoms with Crippen molar-refractivity contribution in [3.8, 4) is 11.1 Å². The number of amides is 1.